The number of benzene rings is 2. The third kappa shape index (κ3) is 3.63. The molecule has 0 radical (unpaired) electrons. The standard InChI is InChI=1S/C14H11N3O4/c18-14(19)12-3-1-2-4-13(12)16-15-9-10-5-7-11(8-6-10)17(20)21/h1-9,16H,(H,18,19)/b15-9+. The third-order valence-electron chi connectivity index (χ3n) is 2.66. The Morgan fingerprint density at radius 2 is 1.86 bits per heavy atom. The largest absolute Gasteiger partial charge is 0.478 e. The molecule has 2 N–H and O–H groups in total. The van der Waals surface area contributed by atoms with E-state index in [9.17, 15) is 14.9 Å². The Labute approximate surface area is 119 Å². The summed E-state index contributed by atoms with van der Waals surface area (Å²) in [4.78, 5) is 21.0. The molecule has 2 aromatic carbocycles. The van der Waals surface area contributed by atoms with E-state index in [1.165, 1.54) is 24.4 Å². The Bertz CT molecular complexity index is 696. The fourth-order valence-electron chi connectivity index (χ4n) is 1.63. The first-order chi connectivity index (χ1) is 10.1. The van der Waals surface area contributed by atoms with Gasteiger partial charge in [-0.15, -0.1) is 0 Å². The number of nitro benzene ring substituents is 1. The first-order valence-corrected chi connectivity index (χ1v) is 5.94. The number of nitrogens with zero attached hydrogens (tertiary/aromatic N) is 2. The maximum Gasteiger partial charge on any atom is 0.337 e. The van der Waals surface area contributed by atoms with Gasteiger partial charge in [-0.1, -0.05) is 12.1 Å². The molecule has 0 aliphatic heterocycles. The number of carbonyl (C=O) groups is 1. The molecule has 0 heterocycles. The van der Waals surface area contributed by atoms with Crippen LogP contribution in [-0.4, -0.2) is 22.2 Å². The number of para-hydroxylation sites is 1. The second-order valence-corrected chi connectivity index (χ2v) is 4.07. The van der Waals surface area contributed by atoms with Crippen LogP contribution in [0.5, 0.6) is 0 Å². The van der Waals surface area contributed by atoms with E-state index in [0.717, 1.165) is 0 Å². The lowest BCUT2D eigenvalue weighted by Crippen LogP contribution is -2.02. The lowest BCUT2D eigenvalue weighted by atomic mass is 10.2. The van der Waals surface area contributed by atoms with Gasteiger partial charge < -0.3 is 5.11 Å². The van der Waals surface area contributed by atoms with Crippen molar-refractivity contribution in [2.45, 2.75) is 0 Å². The van der Waals surface area contributed by atoms with E-state index < -0.39 is 10.9 Å². The Hall–Kier alpha value is -3.22. The highest BCUT2D eigenvalue weighted by Gasteiger charge is 2.07. The first-order valence-electron chi connectivity index (χ1n) is 5.94. The number of rotatable bonds is 5. The summed E-state index contributed by atoms with van der Waals surface area (Å²) in [7, 11) is 0. The number of nitrogens with one attached hydrogen (secondary N) is 1. The molecular formula is C14H11N3O4. The monoisotopic (exact) mass is 285 g/mol. The van der Waals surface area contributed by atoms with Crippen molar-refractivity contribution < 1.29 is 14.8 Å². The predicted octanol–water partition coefficient (Wildman–Crippen LogP) is 2.74. The fourth-order valence-corrected chi connectivity index (χ4v) is 1.63. The molecule has 0 fully saturated rings. The van der Waals surface area contributed by atoms with E-state index in [-0.39, 0.29) is 11.3 Å². The number of carboxylic acids is 1. The highest BCUT2D eigenvalue weighted by molar-refractivity contribution is 5.94. The predicted molar refractivity (Wildman–Crippen MR) is 77.7 cm³/mol. The van der Waals surface area contributed by atoms with Crippen molar-refractivity contribution in [3.63, 3.8) is 0 Å². The molecule has 0 atom stereocenters. The molecule has 0 aliphatic rings. The van der Waals surface area contributed by atoms with Gasteiger partial charge in [-0.2, -0.15) is 5.10 Å². The van der Waals surface area contributed by atoms with Crippen molar-refractivity contribution in [1.29, 1.82) is 0 Å². The summed E-state index contributed by atoms with van der Waals surface area (Å²) in [6.07, 6.45) is 1.45. The lowest BCUT2D eigenvalue weighted by Gasteiger charge is -2.03. The van der Waals surface area contributed by atoms with Crippen molar-refractivity contribution >= 4 is 23.6 Å². The Morgan fingerprint density at radius 1 is 1.19 bits per heavy atom. The number of hydrazone groups is 1. The molecule has 0 saturated heterocycles. The number of nitro groups is 1. The molecule has 0 bridgehead atoms. The number of carboxylic acid groups (broad SMARTS) is 1. The minimum atomic E-state index is -1.05. The van der Waals surface area contributed by atoms with Crippen LogP contribution < -0.4 is 5.43 Å². The van der Waals surface area contributed by atoms with Crippen LogP contribution in [-0.2, 0) is 0 Å². The van der Waals surface area contributed by atoms with E-state index in [4.69, 9.17) is 5.11 Å². The molecule has 21 heavy (non-hydrogen) atoms. The van der Waals surface area contributed by atoms with Gasteiger partial charge in [-0.05, 0) is 29.8 Å². The number of hydrogen-bond acceptors (Lipinski definition) is 5. The molecule has 2 rings (SSSR count). The highest BCUT2D eigenvalue weighted by Crippen LogP contribution is 2.15. The summed E-state index contributed by atoms with van der Waals surface area (Å²) in [5.41, 5.74) is 3.76. The van der Waals surface area contributed by atoms with Crippen LogP contribution in [0.1, 0.15) is 15.9 Å². The van der Waals surface area contributed by atoms with Gasteiger partial charge in [0.2, 0.25) is 0 Å². The number of non-ortho nitro benzene ring substituents is 1. The van der Waals surface area contributed by atoms with Gasteiger partial charge in [-0.3, -0.25) is 15.5 Å². The van der Waals surface area contributed by atoms with Crippen LogP contribution in [0.3, 0.4) is 0 Å². The first kappa shape index (κ1) is 14.2. The Kier molecular flexibility index (Phi) is 4.25. The zero-order valence-corrected chi connectivity index (χ0v) is 10.8. The average Bonchev–Trinajstić information content (AvgIpc) is 2.48. The SMILES string of the molecule is O=C(O)c1ccccc1N/N=C/c1ccc([N+](=O)[O-])cc1. The molecule has 0 unspecified atom stereocenters. The molecule has 2 aromatic rings. The van der Waals surface area contributed by atoms with Gasteiger partial charge in [-0.25, -0.2) is 4.79 Å². The fraction of sp³-hybridized carbons (Fsp3) is 0. The van der Waals surface area contributed by atoms with E-state index in [1.807, 2.05) is 0 Å². The second kappa shape index (κ2) is 6.29. The topological polar surface area (TPSA) is 105 Å². The normalized spacial score (nSPS) is 10.5. The molecule has 0 aromatic heterocycles. The summed E-state index contributed by atoms with van der Waals surface area (Å²) < 4.78 is 0. The van der Waals surface area contributed by atoms with Gasteiger partial charge in [0.1, 0.15) is 0 Å². The minimum Gasteiger partial charge on any atom is -0.478 e. The van der Waals surface area contributed by atoms with Gasteiger partial charge in [0, 0.05) is 12.1 Å². The van der Waals surface area contributed by atoms with Gasteiger partial charge >= 0.3 is 5.97 Å². The molecule has 0 amide bonds. The number of hydrogen-bond donors (Lipinski definition) is 2. The summed E-state index contributed by atoms with van der Waals surface area (Å²) in [5, 5.41) is 23.4. The van der Waals surface area contributed by atoms with Crippen molar-refractivity contribution in [1.82, 2.24) is 0 Å². The van der Waals surface area contributed by atoms with Gasteiger partial charge in [0.15, 0.2) is 0 Å². The smallest absolute Gasteiger partial charge is 0.337 e. The second-order valence-electron chi connectivity index (χ2n) is 4.07. The van der Waals surface area contributed by atoms with Crippen molar-refractivity contribution in [3.05, 3.63) is 69.8 Å². The lowest BCUT2D eigenvalue weighted by molar-refractivity contribution is -0.384. The zero-order chi connectivity index (χ0) is 15.2. The highest BCUT2D eigenvalue weighted by atomic mass is 16.6. The molecule has 106 valence electrons. The van der Waals surface area contributed by atoms with Crippen LogP contribution in [0.15, 0.2) is 53.6 Å². The summed E-state index contributed by atoms with van der Waals surface area (Å²) in [6, 6.07) is 12.2. The Balaban J connectivity index is 2.09. The van der Waals surface area contributed by atoms with E-state index in [1.54, 1.807) is 30.3 Å². The molecule has 0 saturated carbocycles. The number of anilines is 1. The van der Waals surface area contributed by atoms with Crippen molar-refractivity contribution in [2.75, 3.05) is 5.43 Å². The maximum atomic E-state index is 11.0. The van der Waals surface area contributed by atoms with E-state index in [2.05, 4.69) is 10.5 Å². The quantitative estimate of drug-likeness (QED) is 0.499. The molecule has 0 spiro atoms. The van der Waals surface area contributed by atoms with Gasteiger partial charge in [0.05, 0.1) is 22.4 Å². The van der Waals surface area contributed by atoms with Crippen LogP contribution in [0, 0.1) is 10.1 Å². The van der Waals surface area contributed by atoms with Crippen molar-refractivity contribution in [3.8, 4) is 0 Å². The van der Waals surface area contributed by atoms with E-state index >= 15 is 0 Å². The zero-order valence-electron chi connectivity index (χ0n) is 10.8. The third-order valence-corrected chi connectivity index (χ3v) is 2.66. The molecule has 7 nitrogen and oxygen atoms in total. The van der Waals surface area contributed by atoms with Crippen LogP contribution >= 0.6 is 0 Å². The van der Waals surface area contributed by atoms with Crippen molar-refractivity contribution in [2.24, 2.45) is 5.10 Å². The molecular weight excluding hydrogens is 274 g/mol. The van der Waals surface area contributed by atoms with E-state index in [0.29, 0.717) is 11.3 Å². The maximum absolute atomic E-state index is 11.0. The number of aromatic carboxylic acids is 1. The minimum absolute atomic E-state index is 0.00340. The molecule has 7 heteroatoms. The molecule has 0 aliphatic carbocycles. The summed E-state index contributed by atoms with van der Waals surface area (Å²) >= 11 is 0. The van der Waals surface area contributed by atoms with Crippen LogP contribution in [0.2, 0.25) is 0 Å². The van der Waals surface area contributed by atoms with Crippen LogP contribution in [0.4, 0.5) is 11.4 Å². The summed E-state index contributed by atoms with van der Waals surface area (Å²) in [6.45, 7) is 0. The average molecular weight is 285 g/mol. The summed E-state index contributed by atoms with van der Waals surface area (Å²) in [5.74, 6) is -1.05. The van der Waals surface area contributed by atoms with Gasteiger partial charge in [0.25, 0.3) is 5.69 Å². The van der Waals surface area contributed by atoms with Crippen LogP contribution in [0.25, 0.3) is 0 Å². The Morgan fingerprint density at radius 3 is 2.48 bits per heavy atom.